The van der Waals surface area contributed by atoms with Gasteiger partial charge in [0.2, 0.25) is 0 Å². The van der Waals surface area contributed by atoms with Crippen molar-refractivity contribution in [2.24, 2.45) is 0 Å². The third-order valence-corrected chi connectivity index (χ3v) is 4.07. The highest BCUT2D eigenvalue weighted by atomic mass is 16.5. The first-order valence-electron chi connectivity index (χ1n) is 9.36. The monoisotopic (exact) mass is 412 g/mol. The molecule has 0 aliphatic heterocycles. The number of carbonyl (C=O) groups excluding carboxylic acids is 4. The summed E-state index contributed by atoms with van der Waals surface area (Å²) >= 11 is 0. The Bertz CT molecular complexity index is 913. The maximum absolute atomic E-state index is 12.3. The number of hydrogen-bond donors (Lipinski definition) is 2. The van der Waals surface area contributed by atoms with Crippen LogP contribution < -0.4 is 15.4 Å². The number of hydrogen-bond acceptors (Lipinski definition) is 6. The summed E-state index contributed by atoms with van der Waals surface area (Å²) in [5.74, 6) is -1.55. The largest absolute Gasteiger partial charge is 0.484 e. The van der Waals surface area contributed by atoms with Crippen LogP contribution in [-0.4, -0.2) is 42.3 Å². The first-order chi connectivity index (χ1) is 14.3. The Kier molecular flexibility index (Phi) is 8.10. The van der Waals surface area contributed by atoms with Crippen molar-refractivity contribution in [1.29, 1.82) is 0 Å². The smallest absolute Gasteiger partial charge is 0.329 e. The predicted molar refractivity (Wildman–Crippen MR) is 110 cm³/mol. The predicted octanol–water partition coefficient (Wildman–Crippen LogP) is 2.34. The summed E-state index contributed by atoms with van der Waals surface area (Å²) in [6.45, 7) is 3.97. The molecule has 2 N–H and O–H groups in total. The summed E-state index contributed by atoms with van der Waals surface area (Å²) in [6, 6.07) is 14.3. The van der Waals surface area contributed by atoms with Crippen LogP contribution in [-0.2, 0) is 19.1 Å². The van der Waals surface area contributed by atoms with E-state index in [2.05, 4.69) is 10.6 Å². The lowest BCUT2D eigenvalue weighted by Gasteiger charge is -2.18. The van der Waals surface area contributed by atoms with Gasteiger partial charge in [-0.25, -0.2) is 4.79 Å². The molecule has 8 heteroatoms. The fourth-order valence-electron chi connectivity index (χ4n) is 2.47. The van der Waals surface area contributed by atoms with E-state index in [9.17, 15) is 19.2 Å². The molecule has 0 aliphatic carbocycles. The lowest BCUT2D eigenvalue weighted by atomic mass is 10.1. The topological polar surface area (TPSA) is 111 Å². The lowest BCUT2D eigenvalue weighted by molar-refractivity contribution is -0.155. The summed E-state index contributed by atoms with van der Waals surface area (Å²) < 4.78 is 10.4. The van der Waals surface area contributed by atoms with Crippen LogP contribution >= 0.6 is 0 Å². The maximum atomic E-state index is 12.3. The van der Waals surface area contributed by atoms with Crippen LogP contribution in [0.1, 0.15) is 31.1 Å². The minimum atomic E-state index is -1.13. The number of Topliss-reactive ketones (excluding diaryl/α,β-unsaturated/α-hetero) is 1. The SMILES string of the molecule is CC(=O)c1ccccc1NC(=O)[C@@H](C)OC(=O)[C@H](C)NC(=O)COc1ccccc1. The Labute approximate surface area is 174 Å². The van der Waals surface area contributed by atoms with Gasteiger partial charge in [0.15, 0.2) is 18.5 Å². The standard InChI is InChI=1S/C22H24N2O6/c1-14(23-20(26)13-29-17-9-5-4-6-10-17)22(28)30-16(3)21(27)24-19-12-8-7-11-18(19)15(2)25/h4-12,14,16H,13H2,1-3H3,(H,23,26)(H,24,27)/t14-,16+/m0/s1. The molecule has 0 aliphatic rings. The summed E-state index contributed by atoms with van der Waals surface area (Å²) in [5.41, 5.74) is 0.681. The lowest BCUT2D eigenvalue weighted by Crippen LogP contribution is -2.44. The fourth-order valence-corrected chi connectivity index (χ4v) is 2.47. The minimum absolute atomic E-state index is 0.204. The van der Waals surface area contributed by atoms with Crippen LogP contribution in [0, 0.1) is 0 Å². The van der Waals surface area contributed by atoms with Crippen LogP contribution in [0.5, 0.6) is 5.75 Å². The molecule has 2 atom stereocenters. The molecule has 2 amide bonds. The van der Waals surface area contributed by atoms with Crippen LogP contribution in [0.3, 0.4) is 0 Å². The average Bonchev–Trinajstić information content (AvgIpc) is 2.73. The van der Waals surface area contributed by atoms with E-state index < -0.39 is 29.9 Å². The maximum Gasteiger partial charge on any atom is 0.329 e. The number of para-hydroxylation sites is 2. The van der Waals surface area contributed by atoms with Gasteiger partial charge in [-0.15, -0.1) is 0 Å². The second kappa shape index (κ2) is 10.8. The van der Waals surface area contributed by atoms with E-state index in [-0.39, 0.29) is 12.4 Å². The molecule has 2 rings (SSSR count). The van der Waals surface area contributed by atoms with Gasteiger partial charge in [-0.3, -0.25) is 14.4 Å². The fraction of sp³-hybridized carbons (Fsp3) is 0.273. The van der Waals surface area contributed by atoms with Crippen LogP contribution in [0.25, 0.3) is 0 Å². The van der Waals surface area contributed by atoms with E-state index in [1.54, 1.807) is 48.5 Å². The van der Waals surface area contributed by atoms with Gasteiger partial charge in [0.05, 0.1) is 5.69 Å². The quantitative estimate of drug-likeness (QED) is 0.483. The van der Waals surface area contributed by atoms with Crippen molar-refractivity contribution < 1.29 is 28.7 Å². The van der Waals surface area contributed by atoms with Crippen LogP contribution in [0.2, 0.25) is 0 Å². The van der Waals surface area contributed by atoms with E-state index in [4.69, 9.17) is 9.47 Å². The van der Waals surface area contributed by atoms with Crippen molar-refractivity contribution in [3.8, 4) is 5.75 Å². The second-order valence-corrected chi connectivity index (χ2v) is 6.56. The molecule has 0 radical (unpaired) electrons. The number of ketones is 1. The number of ether oxygens (including phenoxy) is 2. The summed E-state index contributed by atoms with van der Waals surface area (Å²) in [5, 5.41) is 5.02. The Morgan fingerprint density at radius 2 is 1.57 bits per heavy atom. The Balaban J connectivity index is 1.83. The molecule has 2 aromatic rings. The van der Waals surface area contributed by atoms with E-state index in [0.717, 1.165) is 0 Å². The highest BCUT2D eigenvalue weighted by Crippen LogP contribution is 2.16. The molecule has 0 heterocycles. The molecular formula is C22H24N2O6. The van der Waals surface area contributed by atoms with Gasteiger partial charge < -0.3 is 20.1 Å². The van der Waals surface area contributed by atoms with Crippen LogP contribution in [0.15, 0.2) is 54.6 Å². The van der Waals surface area contributed by atoms with Gasteiger partial charge in [0.25, 0.3) is 11.8 Å². The molecule has 8 nitrogen and oxygen atoms in total. The molecule has 0 saturated carbocycles. The molecule has 0 bridgehead atoms. The first-order valence-corrected chi connectivity index (χ1v) is 9.36. The summed E-state index contributed by atoms with van der Waals surface area (Å²) in [6.07, 6.45) is -1.13. The molecular weight excluding hydrogens is 388 g/mol. The third-order valence-electron chi connectivity index (χ3n) is 4.07. The van der Waals surface area contributed by atoms with E-state index in [0.29, 0.717) is 17.0 Å². The van der Waals surface area contributed by atoms with Crippen molar-refractivity contribution in [3.05, 3.63) is 60.2 Å². The second-order valence-electron chi connectivity index (χ2n) is 6.56. The van der Waals surface area contributed by atoms with Gasteiger partial charge in [0, 0.05) is 5.56 Å². The number of amides is 2. The normalized spacial score (nSPS) is 12.2. The molecule has 0 saturated heterocycles. The number of nitrogens with one attached hydrogen (secondary N) is 2. The van der Waals surface area contributed by atoms with Gasteiger partial charge >= 0.3 is 5.97 Å². The van der Waals surface area contributed by atoms with E-state index in [1.165, 1.54) is 20.8 Å². The van der Waals surface area contributed by atoms with Gasteiger partial charge in [-0.05, 0) is 45.0 Å². The van der Waals surface area contributed by atoms with Crippen LogP contribution in [0.4, 0.5) is 5.69 Å². The van der Waals surface area contributed by atoms with Crippen molar-refractivity contribution in [2.75, 3.05) is 11.9 Å². The first kappa shape index (κ1) is 22.6. The van der Waals surface area contributed by atoms with E-state index in [1.807, 2.05) is 6.07 Å². The molecule has 0 spiro atoms. The number of benzene rings is 2. The highest BCUT2D eigenvalue weighted by Gasteiger charge is 2.24. The zero-order valence-electron chi connectivity index (χ0n) is 17.0. The Morgan fingerprint density at radius 1 is 0.933 bits per heavy atom. The van der Waals surface area contributed by atoms with Crippen molar-refractivity contribution in [1.82, 2.24) is 5.32 Å². The zero-order chi connectivity index (χ0) is 22.1. The van der Waals surface area contributed by atoms with Gasteiger partial charge in [-0.2, -0.15) is 0 Å². The van der Waals surface area contributed by atoms with Crippen molar-refractivity contribution in [2.45, 2.75) is 32.9 Å². The molecule has 2 aromatic carbocycles. The average molecular weight is 412 g/mol. The minimum Gasteiger partial charge on any atom is -0.484 e. The Morgan fingerprint density at radius 3 is 2.23 bits per heavy atom. The Hall–Kier alpha value is -3.68. The summed E-state index contributed by atoms with van der Waals surface area (Å²) in [7, 11) is 0. The van der Waals surface area contributed by atoms with E-state index >= 15 is 0 Å². The zero-order valence-corrected chi connectivity index (χ0v) is 17.0. The third kappa shape index (κ3) is 6.73. The van der Waals surface area contributed by atoms with Crippen molar-refractivity contribution in [3.63, 3.8) is 0 Å². The number of carbonyl (C=O) groups is 4. The van der Waals surface area contributed by atoms with Crippen molar-refractivity contribution >= 4 is 29.3 Å². The molecule has 30 heavy (non-hydrogen) atoms. The van der Waals surface area contributed by atoms with Gasteiger partial charge in [0.1, 0.15) is 11.8 Å². The highest BCUT2D eigenvalue weighted by molar-refractivity contribution is 6.04. The number of rotatable bonds is 9. The molecule has 0 fully saturated rings. The number of anilines is 1. The summed E-state index contributed by atoms with van der Waals surface area (Å²) in [4.78, 5) is 48.1. The number of esters is 1. The molecule has 0 aromatic heterocycles. The molecule has 0 unspecified atom stereocenters. The molecule has 158 valence electrons. The van der Waals surface area contributed by atoms with Gasteiger partial charge in [-0.1, -0.05) is 30.3 Å².